The van der Waals surface area contributed by atoms with E-state index >= 15 is 0 Å². The lowest BCUT2D eigenvalue weighted by molar-refractivity contribution is -0.137. The third-order valence-corrected chi connectivity index (χ3v) is 5.14. The maximum Gasteiger partial charge on any atom is 0.303 e. The molecule has 0 bridgehead atoms. The first kappa shape index (κ1) is 16.9. The lowest BCUT2D eigenvalue weighted by Gasteiger charge is -2.32. The Morgan fingerprint density at radius 3 is 3.00 bits per heavy atom. The average Bonchev–Trinajstić information content (AvgIpc) is 3.01. The van der Waals surface area contributed by atoms with Gasteiger partial charge in [-0.05, 0) is 43.9 Å². The number of nitrogens with zero attached hydrogens (tertiary/aromatic N) is 2. The SMILES string of the molecule is O=C(O)CCC1CCCN(Cc2csc(Nc3ccccc3)n2)C1. The number of anilines is 2. The smallest absolute Gasteiger partial charge is 0.303 e. The van der Waals surface area contributed by atoms with Crippen LogP contribution in [0.4, 0.5) is 10.8 Å². The van der Waals surface area contributed by atoms with Crippen molar-refractivity contribution >= 4 is 28.1 Å². The number of hydrogen-bond acceptors (Lipinski definition) is 5. The summed E-state index contributed by atoms with van der Waals surface area (Å²) in [6.45, 7) is 2.89. The standard InChI is InChI=1S/C18H23N3O2S/c22-17(23)9-8-14-5-4-10-21(11-14)12-16-13-24-18(20-16)19-15-6-2-1-3-7-15/h1-3,6-7,13-14H,4-5,8-12H2,(H,19,20)(H,22,23). The molecule has 1 aromatic heterocycles. The minimum absolute atomic E-state index is 0.278. The summed E-state index contributed by atoms with van der Waals surface area (Å²) in [5.74, 6) is -0.196. The van der Waals surface area contributed by atoms with Crippen molar-refractivity contribution in [3.05, 3.63) is 41.4 Å². The Kier molecular flexibility index (Phi) is 5.82. The van der Waals surface area contributed by atoms with Gasteiger partial charge in [0.05, 0.1) is 5.69 Å². The van der Waals surface area contributed by atoms with Crippen LogP contribution in [0.15, 0.2) is 35.7 Å². The Morgan fingerprint density at radius 2 is 2.21 bits per heavy atom. The molecule has 1 fully saturated rings. The van der Waals surface area contributed by atoms with Crippen LogP contribution in [-0.2, 0) is 11.3 Å². The molecule has 2 aromatic rings. The Bertz CT molecular complexity index is 659. The van der Waals surface area contributed by atoms with Crippen molar-refractivity contribution in [1.29, 1.82) is 0 Å². The predicted molar refractivity (Wildman–Crippen MR) is 96.7 cm³/mol. The summed E-state index contributed by atoms with van der Waals surface area (Å²) in [6.07, 6.45) is 3.34. The quantitative estimate of drug-likeness (QED) is 0.795. The van der Waals surface area contributed by atoms with Crippen LogP contribution in [0.2, 0.25) is 0 Å². The number of piperidine rings is 1. The first-order valence-corrected chi connectivity index (χ1v) is 9.27. The third-order valence-electron chi connectivity index (χ3n) is 4.33. The van der Waals surface area contributed by atoms with E-state index in [1.54, 1.807) is 11.3 Å². The number of nitrogens with one attached hydrogen (secondary N) is 1. The van der Waals surface area contributed by atoms with Gasteiger partial charge in [-0.3, -0.25) is 9.69 Å². The van der Waals surface area contributed by atoms with Crippen molar-refractivity contribution in [2.24, 2.45) is 5.92 Å². The van der Waals surface area contributed by atoms with Crippen molar-refractivity contribution in [2.45, 2.75) is 32.2 Å². The molecule has 1 aliphatic rings. The van der Waals surface area contributed by atoms with Gasteiger partial charge in [0, 0.05) is 30.6 Å². The van der Waals surface area contributed by atoms with E-state index in [0.29, 0.717) is 5.92 Å². The van der Waals surface area contributed by atoms with Gasteiger partial charge < -0.3 is 10.4 Å². The number of aliphatic carboxylic acids is 1. The van der Waals surface area contributed by atoms with Crippen molar-refractivity contribution in [3.8, 4) is 0 Å². The summed E-state index contributed by atoms with van der Waals surface area (Å²) in [7, 11) is 0. The van der Waals surface area contributed by atoms with E-state index in [1.807, 2.05) is 30.3 Å². The van der Waals surface area contributed by atoms with Gasteiger partial charge in [0.1, 0.15) is 0 Å². The molecule has 0 spiro atoms. The first-order valence-electron chi connectivity index (χ1n) is 8.39. The second kappa shape index (κ2) is 8.26. The summed E-state index contributed by atoms with van der Waals surface area (Å²) in [5, 5.41) is 15.2. The summed E-state index contributed by atoms with van der Waals surface area (Å²) in [4.78, 5) is 17.8. The summed E-state index contributed by atoms with van der Waals surface area (Å²) >= 11 is 1.62. The topological polar surface area (TPSA) is 65.5 Å². The van der Waals surface area contributed by atoms with Crippen LogP contribution in [-0.4, -0.2) is 34.0 Å². The highest BCUT2D eigenvalue weighted by Gasteiger charge is 2.21. The van der Waals surface area contributed by atoms with Crippen molar-refractivity contribution in [3.63, 3.8) is 0 Å². The van der Waals surface area contributed by atoms with Crippen LogP contribution >= 0.6 is 11.3 Å². The van der Waals surface area contributed by atoms with E-state index in [9.17, 15) is 4.79 Å². The van der Waals surface area contributed by atoms with Gasteiger partial charge in [-0.25, -0.2) is 4.98 Å². The molecule has 1 aliphatic heterocycles. The zero-order chi connectivity index (χ0) is 16.8. The minimum Gasteiger partial charge on any atom is -0.481 e. The Balaban J connectivity index is 1.51. The maximum absolute atomic E-state index is 10.7. The second-order valence-electron chi connectivity index (χ2n) is 6.31. The van der Waals surface area contributed by atoms with Crippen LogP contribution < -0.4 is 5.32 Å². The molecule has 24 heavy (non-hydrogen) atoms. The zero-order valence-electron chi connectivity index (χ0n) is 13.6. The molecule has 0 radical (unpaired) electrons. The molecule has 0 amide bonds. The van der Waals surface area contributed by atoms with Crippen molar-refractivity contribution in [2.75, 3.05) is 18.4 Å². The van der Waals surface area contributed by atoms with E-state index in [2.05, 4.69) is 20.6 Å². The van der Waals surface area contributed by atoms with Gasteiger partial charge in [-0.15, -0.1) is 11.3 Å². The van der Waals surface area contributed by atoms with E-state index in [0.717, 1.165) is 55.4 Å². The Morgan fingerprint density at radius 1 is 1.38 bits per heavy atom. The molecule has 1 atom stereocenters. The molecular formula is C18H23N3O2S. The maximum atomic E-state index is 10.7. The highest BCUT2D eigenvalue weighted by molar-refractivity contribution is 7.13. The molecule has 1 unspecified atom stereocenters. The van der Waals surface area contributed by atoms with Gasteiger partial charge in [-0.1, -0.05) is 18.2 Å². The normalized spacial score (nSPS) is 18.4. The molecule has 1 saturated heterocycles. The minimum atomic E-state index is -0.691. The van der Waals surface area contributed by atoms with E-state index < -0.39 is 5.97 Å². The van der Waals surface area contributed by atoms with E-state index in [-0.39, 0.29) is 6.42 Å². The highest BCUT2D eigenvalue weighted by Crippen LogP contribution is 2.25. The molecule has 0 saturated carbocycles. The lowest BCUT2D eigenvalue weighted by atomic mass is 9.93. The molecule has 128 valence electrons. The molecule has 3 rings (SSSR count). The van der Waals surface area contributed by atoms with Crippen LogP contribution in [0.25, 0.3) is 0 Å². The van der Waals surface area contributed by atoms with E-state index in [4.69, 9.17) is 5.11 Å². The number of carboxylic acid groups (broad SMARTS) is 1. The van der Waals surface area contributed by atoms with Crippen LogP contribution in [0, 0.1) is 5.92 Å². The summed E-state index contributed by atoms with van der Waals surface area (Å²) in [5.41, 5.74) is 2.13. The number of hydrogen-bond donors (Lipinski definition) is 2. The Hall–Kier alpha value is -1.92. The van der Waals surface area contributed by atoms with Crippen molar-refractivity contribution < 1.29 is 9.90 Å². The van der Waals surface area contributed by atoms with Gasteiger partial charge >= 0.3 is 5.97 Å². The molecule has 6 heteroatoms. The molecule has 5 nitrogen and oxygen atoms in total. The molecular weight excluding hydrogens is 322 g/mol. The van der Waals surface area contributed by atoms with Gasteiger partial charge in [0.2, 0.25) is 0 Å². The van der Waals surface area contributed by atoms with Crippen LogP contribution in [0.1, 0.15) is 31.4 Å². The molecule has 0 aliphatic carbocycles. The van der Waals surface area contributed by atoms with E-state index in [1.165, 1.54) is 0 Å². The van der Waals surface area contributed by atoms with Gasteiger partial charge in [-0.2, -0.15) is 0 Å². The number of aromatic nitrogens is 1. The average molecular weight is 345 g/mol. The largest absolute Gasteiger partial charge is 0.481 e. The number of benzene rings is 1. The Labute approximate surface area is 146 Å². The molecule has 2 heterocycles. The fraction of sp³-hybridized carbons (Fsp3) is 0.444. The lowest BCUT2D eigenvalue weighted by Crippen LogP contribution is -2.35. The molecule has 1 aromatic carbocycles. The summed E-state index contributed by atoms with van der Waals surface area (Å²) in [6, 6.07) is 10.1. The third kappa shape index (κ3) is 5.04. The zero-order valence-corrected chi connectivity index (χ0v) is 14.5. The van der Waals surface area contributed by atoms with Crippen LogP contribution in [0.5, 0.6) is 0 Å². The fourth-order valence-corrected chi connectivity index (χ4v) is 3.89. The number of likely N-dealkylation sites (tertiary alicyclic amines) is 1. The second-order valence-corrected chi connectivity index (χ2v) is 7.17. The molecule has 2 N–H and O–H groups in total. The number of carbonyl (C=O) groups is 1. The van der Waals surface area contributed by atoms with Gasteiger partial charge in [0.15, 0.2) is 5.13 Å². The highest BCUT2D eigenvalue weighted by atomic mass is 32.1. The van der Waals surface area contributed by atoms with Gasteiger partial charge in [0.25, 0.3) is 0 Å². The predicted octanol–water partition coefficient (Wildman–Crippen LogP) is 3.96. The first-order chi connectivity index (χ1) is 11.7. The number of rotatable bonds is 7. The summed E-state index contributed by atoms with van der Waals surface area (Å²) < 4.78 is 0. The van der Waals surface area contributed by atoms with Crippen molar-refractivity contribution in [1.82, 2.24) is 9.88 Å². The monoisotopic (exact) mass is 345 g/mol. The number of thiazole rings is 1. The number of para-hydroxylation sites is 1. The number of carboxylic acids is 1. The fourth-order valence-electron chi connectivity index (χ4n) is 3.17. The van der Waals surface area contributed by atoms with Crippen LogP contribution in [0.3, 0.4) is 0 Å².